The van der Waals surface area contributed by atoms with E-state index in [2.05, 4.69) is 12.2 Å². The van der Waals surface area contributed by atoms with Crippen LogP contribution >= 0.6 is 0 Å². The molecule has 0 aliphatic rings. The lowest BCUT2D eigenvalue weighted by atomic mass is 10.0. The zero-order valence-electron chi connectivity index (χ0n) is 9.59. The molecule has 0 bridgehead atoms. The van der Waals surface area contributed by atoms with Crippen molar-refractivity contribution in [3.8, 4) is 0 Å². The molecule has 0 fully saturated rings. The van der Waals surface area contributed by atoms with E-state index in [9.17, 15) is 4.39 Å². The minimum Gasteiger partial charge on any atom is -0.464 e. The zero-order chi connectivity index (χ0) is 11.5. The Bertz CT molecular complexity index is 478. The van der Waals surface area contributed by atoms with E-state index in [1.807, 2.05) is 19.1 Å². The van der Waals surface area contributed by atoms with Gasteiger partial charge in [-0.1, -0.05) is 6.92 Å². The van der Waals surface area contributed by atoms with Crippen molar-refractivity contribution < 1.29 is 8.81 Å². The first-order valence-electron chi connectivity index (χ1n) is 5.59. The summed E-state index contributed by atoms with van der Waals surface area (Å²) < 4.78 is 18.9. The largest absolute Gasteiger partial charge is 0.464 e. The predicted octanol–water partition coefficient (Wildman–Crippen LogP) is 3.11. The van der Waals surface area contributed by atoms with E-state index in [1.54, 1.807) is 6.26 Å². The van der Waals surface area contributed by atoms with Gasteiger partial charge in [-0.15, -0.1) is 0 Å². The van der Waals surface area contributed by atoms with Gasteiger partial charge >= 0.3 is 0 Å². The van der Waals surface area contributed by atoms with Gasteiger partial charge in [0.1, 0.15) is 11.4 Å². The summed E-state index contributed by atoms with van der Waals surface area (Å²) in [7, 11) is 0. The summed E-state index contributed by atoms with van der Waals surface area (Å²) in [6.45, 7) is 5.01. The standard InChI is InChI=1S/C13H16FNO/c1-3-15-9(2)6-11-7-10-4-5-16-13(10)8-12(11)14/h4-5,7-9,15H,3,6H2,1-2H3/t9-/m0/s1. The second-order valence-electron chi connectivity index (χ2n) is 4.06. The minimum atomic E-state index is -0.188. The first-order valence-corrected chi connectivity index (χ1v) is 5.59. The number of hydrogen-bond donors (Lipinski definition) is 1. The Morgan fingerprint density at radius 1 is 1.44 bits per heavy atom. The van der Waals surface area contributed by atoms with E-state index in [-0.39, 0.29) is 11.9 Å². The molecule has 16 heavy (non-hydrogen) atoms. The number of nitrogens with one attached hydrogen (secondary N) is 1. The molecule has 2 nitrogen and oxygen atoms in total. The van der Waals surface area contributed by atoms with Gasteiger partial charge in [-0.05, 0) is 37.6 Å². The lowest BCUT2D eigenvalue weighted by molar-refractivity contribution is 0.538. The van der Waals surface area contributed by atoms with Gasteiger partial charge in [0.2, 0.25) is 0 Å². The van der Waals surface area contributed by atoms with E-state index in [0.29, 0.717) is 12.0 Å². The summed E-state index contributed by atoms with van der Waals surface area (Å²) in [4.78, 5) is 0. The Balaban J connectivity index is 2.25. The molecule has 0 spiro atoms. The van der Waals surface area contributed by atoms with Crippen molar-refractivity contribution in [3.63, 3.8) is 0 Å². The summed E-state index contributed by atoms with van der Waals surface area (Å²) in [6, 6.07) is 5.46. The van der Waals surface area contributed by atoms with Crippen LogP contribution in [-0.4, -0.2) is 12.6 Å². The van der Waals surface area contributed by atoms with Crippen LogP contribution in [0.4, 0.5) is 4.39 Å². The van der Waals surface area contributed by atoms with E-state index in [1.165, 1.54) is 6.07 Å². The third-order valence-electron chi connectivity index (χ3n) is 2.70. The maximum absolute atomic E-state index is 13.7. The van der Waals surface area contributed by atoms with Gasteiger partial charge in [-0.2, -0.15) is 0 Å². The Hall–Kier alpha value is -1.35. The molecule has 1 aromatic heterocycles. The molecular weight excluding hydrogens is 205 g/mol. The molecule has 1 atom stereocenters. The molecule has 0 radical (unpaired) electrons. The van der Waals surface area contributed by atoms with Crippen molar-refractivity contribution in [2.24, 2.45) is 0 Å². The molecule has 0 saturated carbocycles. The topological polar surface area (TPSA) is 25.2 Å². The Labute approximate surface area is 94.4 Å². The Kier molecular flexibility index (Phi) is 3.25. The van der Waals surface area contributed by atoms with Crippen molar-refractivity contribution in [2.45, 2.75) is 26.3 Å². The van der Waals surface area contributed by atoms with Crippen LogP contribution in [0.1, 0.15) is 19.4 Å². The van der Waals surface area contributed by atoms with Crippen LogP contribution in [0.3, 0.4) is 0 Å². The highest BCUT2D eigenvalue weighted by Crippen LogP contribution is 2.21. The van der Waals surface area contributed by atoms with Gasteiger partial charge in [0.25, 0.3) is 0 Å². The number of rotatable bonds is 4. The van der Waals surface area contributed by atoms with Gasteiger partial charge in [-0.3, -0.25) is 0 Å². The lowest BCUT2D eigenvalue weighted by Crippen LogP contribution is -2.27. The van der Waals surface area contributed by atoms with Crippen LogP contribution in [0, 0.1) is 5.82 Å². The second kappa shape index (κ2) is 4.66. The monoisotopic (exact) mass is 221 g/mol. The number of fused-ring (bicyclic) bond motifs is 1. The second-order valence-corrected chi connectivity index (χ2v) is 4.06. The fourth-order valence-electron chi connectivity index (χ4n) is 1.94. The summed E-state index contributed by atoms with van der Waals surface area (Å²) >= 11 is 0. The minimum absolute atomic E-state index is 0.188. The average Bonchev–Trinajstić information content (AvgIpc) is 2.65. The molecule has 2 rings (SSSR count). The van der Waals surface area contributed by atoms with E-state index in [4.69, 9.17) is 4.42 Å². The quantitative estimate of drug-likeness (QED) is 0.858. The van der Waals surface area contributed by atoms with Gasteiger partial charge in [0, 0.05) is 17.5 Å². The third-order valence-corrected chi connectivity index (χ3v) is 2.70. The van der Waals surface area contributed by atoms with Crippen molar-refractivity contribution in [1.82, 2.24) is 5.32 Å². The number of likely N-dealkylation sites (N-methyl/N-ethyl adjacent to an activating group) is 1. The van der Waals surface area contributed by atoms with Crippen LogP contribution in [0.5, 0.6) is 0 Å². The van der Waals surface area contributed by atoms with E-state index < -0.39 is 0 Å². The van der Waals surface area contributed by atoms with Gasteiger partial charge in [0.15, 0.2) is 0 Å². The van der Waals surface area contributed by atoms with Crippen LogP contribution in [0.15, 0.2) is 28.9 Å². The highest BCUT2D eigenvalue weighted by Gasteiger charge is 2.09. The fourth-order valence-corrected chi connectivity index (χ4v) is 1.94. The molecular formula is C13H16FNO. The SMILES string of the molecule is CCN[C@@H](C)Cc1cc2ccoc2cc1F. The molecule has 86 valence electrons. The summed E-state index contributed by atoms with van der Waals surface area (Å²) in [5.74, 6) is -0.188. The number of hydrogen-bond acceptors (Lipinski definition) is 2. The van der Waals surface area contributed by atoms with Crippen molar-refractivity contribution >= 4 is 11.0 Å². The van der Waals surface area contributed by atoms with Crippen LogP contribution in [0.2, 0.25) is 0 Å². The van der Waals surface area contributed by atoms with Crippen molar-refractivity contribution in [1.29, 1.82) is 0 Å². The highest BCUT2D eigenvalue weighted by molar-refractivity contribution is 5.77. The maximum Gasteiger partial charge on any atom is 0.136 e. The highest BCUT2D eigenvalue weighted by atomic mass is 19.1. The van der Waals surface area contributed by atoms with Crippen LogP contribution in [-0.2, 0) is 6.42 Å². The van der Waals surface area contributed by atoms with Crippen LogP contribution in [0.25, 0.3) is 11.0 Å². The Morgan fingerprint density at radius 3 is 3.00 bits per heavy atom. The number of furan rings is 1. The molecule has 1 aromatic carbocycles. The fraction of sp³-hybridized carbons (Fsp3) is 0.385. The lowest BCUT2D eigenvalue weighted by Gasteiger charge is -2.12. The van der Waals surface area contributed by atoms with Crippen molar-refractivity contribution in [2.75, 3.05) is 6.54 Å². The summed E-state index contributed by atoms with van der Waals surface area (Å²) in [6.07, 6.45) is 2.28. The third kappa shape index (κ3) is 2.25. The first-order chi connectivity index (χ1) is 7.70. The number of benzene rings is 1. The van der Waals surface area contributed by atoms with Gasteiger partial charge in [0.05, 0.1) is 6.26 Å². The molecule has 0 aliphatic heterocycles. The van der Waals surface area contributed by atoms with E-state index in [0.717, 1.165) is 17.5 Å². The average molecular weight is 221 g/mol. The van der Waals surface area contributed by atoms with Gasteiger partial charge in [-0.25, -0.2) is 4.39 Å². The van der Waals surface area contributed by atoms with Crippen molar-refractivity contribution in [3.05, 3.63) is 35.8 Å². The molecule has 0 amide bonds. The number of halogens is 1. The molecule has 1 N–H and O–H groups in total. The van der Waals surface area contributed by atoms with Gasteiger partial charge < -0.3 is 9.73 Å². The molecule has 3 heteroatoms. The molecule has 0 saturated heterocycles. The summed E-state index contributed by atoms with van der Waals surface area (Å²) in [5.41, 5.74) is 1.35. The maximum atomic E-state index is 13.7. The molecule has 2 aromatic rings. The molecule has 0 unspecified atom stereocenters. The van der Waals surface area contributed by atoms with E-state index >= 15 is 0 Å². The Morgan fingerprint density at radius 2 is 2.25 bits per heavy atom. The first kappa shape index (κ1) is 11.1. The molecule has 1 heterocycles. The normalized spacial score (nSPS) is 13.2. The summed E-state index contributed by atoms with van der Waals surface area (Å²) in [5, 5.41) is 4.23. The predicted molar refractivity (Wildman–Crippen MR) is 63.0 cm³/mol. The van der Waals surface area contributed by atoms with Crippen LogP contribution < -0.4 is 5.32 Å². The smallest absolute Gasteiger partial charge is 0.136 e. The zero-order valence-corrected chi connectivity index (χ0v) is 9.59. The molecule has 0 aliphatic carbocycles.